The van der Waals surface area contributed by atoms with E-state index in [2.05, 4.69) is 15.5 Å². The van der Waals surface area contributed by atoms with Crippen LogP contribution in [0.4, 0.5) is 11.5 Å². The molecule has 6 heteroatoms. The number of carbonyl (C=O) groups excluding carboxylic acids is 1. The molecule has 72 valence electrons. The van der Waals surface area contributed by atoms with Gasteiger partial charge in [-0.05, 0) is 13.2 Å². The van der Waals surface area contributed by atoms with Crippen molar-refractivity contribution < 1.29 is 4.79 Å². The molecule has 0 radical (unpaired) electrons. The summed E-state index contributed by atoms with van der Waals surface area (Å²) in [6.45, 7) is 1.80. The van der Waals surface area contributed by atoms with Crippen molar-refractivity contribution in [3.8, 4) is 0 Å². The van der Waals surface area contributed by atoms with Gasteiger partial charge in [-0.2, -0.15) is 16.9 Å². The summed E-state index contributed by atoms with van der Waals surface area (Å²) in [5.74, 6) is 0.730. The van der Waals surface area contributed by atoms with E-state index in [1.807, 2.05) is 6.26 Å². The fourth-order valence-corrected chi connectivity index (χ4v) is 1.17. The Labute approximate surface area is 80.5 Å². The number of aromatic nitrogens is 2. The van der Waals surface area contributed by atoms with Gasteiger partial charge >= 0.3 is 0 Å². The summed E-state index contributed by atoms with van der Waals surface area (Å²) in [5.41, 5.74) is 6.89. The first kappa shape index (κ1) is 9.91. The summed E-state index contributed by atoms with van der Waals surface area (Å²) in [6.07, 6.45) is 1.86. The lowest BCUT2D eigenvalue weighted by Gasteiger charge is -2.00. The molecule has 4 N–H and O–H groups in total. The van der Waals surface area contributed by atoms with E-state index in [0.717, 1.165) is 5.69 Å². The highest BCUT2D eigenvalue weighted by Gasteiger charge is 2.08. The lowest BCUT2D eigenvalue weighted by Crippen LogP contribution is -2.15. The minimum absolute atomic E-state index is 0.0919. The minimum Gasteiger partial charge on any atom is -0.394 e. The van der Waals surface area contributed by atoms with Gasteiger partial charge in [0.2, 0.25) is 5.91 Å². The number of anilines is 2. The Morgan fingerprint density at radius 3 is 2.92 bits per heavy atom. The number of aryl methyl sites for hydroxylation is 1. The average molecular weight is 200 g/mol. The number of thioether (sulfide) groups is 1. The van der Waals surface area contributed by atoms with Crippen LogP contribution in [0.15, 0.2) is 0 Å². The van der Waals surface area contributed by atoms with E-state index in [4.69, 9.17) is 5.73 Å². The first-order chi connectivity index (χ1) is 6.15. The number of nitrogens with one attached hydrogen (secondary N) is 2. The second-order valence-electron chi connectivity index (χ2n) is 2.59. The van der Waals surface area contributed by atoms with Gasteiger partial charge in [-0.3, -0.25) is 9.89 Å². The topological polar surface area (TPSA) is 83.8 Å². The fourth-order valence-electron chi connectivity index (χ4n) is 0.832. The van der Waals surface area contributed by atoms with Crippen molar-refractivity contribution in [3.63, 3.8) is 0 Å². The number of carbonyl (C=O) groups is 1. The summed E-state index contributed by atoms with van der Waals surface area (Å²) >= 11 is 1.45. The van der Waals surface area contributed by atoms with Crippen LogP contribution in [-0.2, 0) is 4.79 Å². The largest absolute Gasteiger partial charge is 0.394 e. The zero-order chi connectivity index (χ0) is 9.84. The van der Waals surface area contributed by atoms with Crippen molar-refractivity contribution >= 4 is 29.2 Å². The van der Waals surface area contributed by atoms with Gasteiger partial charge in [-0.1, -0.05) is 0 Å². The van der Waals surface area contributed by atoms with Gasteiger partial charge in [0.25, 0.3) is 0 Å². The van der Waals surface area contributed by atoms with Crippen LogP contribution in [0.1, 0.15) is 5.69 Å². The van der Waals surface area contributed by atoms with Crippen LogP contribution in [0, 0.1) is 6.92 Å². The van der Waals surface area contributed by atoms with E-state index >= 15 is 0 Å². The van der Waals surface area contributed by atoms with E-state index in [0.29, 0.717) is 17.3 Å². The Bertz CT molecular complexity index is 309. The van der Waals surface area contributed by atoms with E-state index in [1.54, 1.807) is 6.92 Å². The molecule has 1 aromatic heterocycles. The first-order valence-electron chi connectivity index (χ1n) is 3.74. The molecular formula is C7H12N4OS. The molecule has 0 bridgehead atoms. The number of amides is 1. The molecule has 13 heavy (non-hydrogen) atoms. The lowest BCUT2D eigenvalue weighted by atomic mass is 10.4. The maximum atomic E-state index is 11.1. The molecule has 1 aromatic rings. The molecule has 1 heterocycles. The Hall–Kier alpha value is -1.17. The predicted octanol–water partition coefficient (Wildman–Crippen LogP) is 0.602. The molecule has 0 aliphatic carbocycles. The highest BCUT2D eigenvalue weighted by molar-refractivity contribution is 7.99. The summed E-state index contributed by atoms with van der Waals surface area (Å²) in [5, 5.41) is 9.14. The average Bonchev–Trinajstić information content (AvgIpc) is 2.37. The van der Waals surface area contributed by atoms with Gasteiger partial charge in [0.05, 0.1) is 17.1 Å². The van der Waals surface area contributed by atoms with Crippen molar-refractivity contribution in [1.82, 2.24) is 10.2 Å². The van der Waals surface area contributed by atoms with Gasteiger partial charge in [0, 0.05) is 0 Å². The summed E-state index contributed by atoms with van der Waals surface area (Å²) in [7, 11) is 0. The van der Waals surface area contributed by atoms with Crippen molar-refractivity contribution in [3.05, 3.63) is 5.69 Å². The highest BCUT2D eigenvalue weighted by Crippen LogP contribution is 2.17. The first-order valence-corrected chi connectivity index (χ1v) is 5.13. The number of hydrogen-bond donors (Lipinski definition) is 3. The monoisotopic (exact) mass is 200 g/mol. The molecule has 0 spiro atoms. The number of H-pyrrole nitrogens is 1. The van der Waals surface area contributed by atoms with Gasteiger partial charge in [0.15, 0.2) is 5.82 Å². The smallest absolute Gasteiger partial charge is 0.235 e. The predicted molar refractivity (Wildman–Crippen MR) is 54.7 cm³/mol. The van der Waals surface area contributed by atoms with Crippen LogP contribution in [0.3, 0.4) is 0 Å². The van der Waals surface area contributed by atoms with Crippen LogP contribution < -0.4 is 11.1 Å². The number of nitrogen functional groups attached to an aromatic ring is 1. The third kappa shape index (κ3) is 2.38. The van der Waals surface area contributed by atoms with Crippen LogP contribution >= 0.6 is 11.8 Å². The molecule has 1 amide bonds. The summed E-state index contributed by atoms with van der Waals surface area (Å²) < 4.78 is 0. The van der Waals surface area contributed by atoms with Gasteiger partial charge < -0.3 is 11.1 Å². The zero-order valence-corrected chi connectivity index (χ0v) is 8.36. The molecule has 0 unspecified atom stereocenters. The van der Waals surface area contributed by atoms with Crippen molar-refractivity contribution in [2.75, 3.05) is 23.1 Å². The Kier molecular flexibility index (Phi) is 3.18. The van der Waals surface area contributed by atoms with E-state index < -0.39 is 0 Å². The van der Waals surface area contributed by atoms with Gasteiger partial charge in [0.1, 0.15) is 0 Å². The standard InChI is InChI=1S/C7H12N4OS/c1-4-6(8)7(11-10-4)9-5(12)3-13-2/h3,8H2,1-2H3,(H2,9,10,11,12). The van der Waals surface area contributed by atoms with E-state index in [9.17, 15) is 4.79 Å². The van der Waals surface area contributed by atoms with Crippen molar-refractivity contribution in [1.29, 1.82) is 0 Å². The molecule has 0 aliphatic rings. The number of nitrogens with zero attached hydrogens (tertiary/aromatic N) is 1. The molecule has 0 atom stereocenters. The normalized spacial score (nSPS) is 10.0. The molecular weight excluding hydrogens is 188 g/mol. The second-order valence-corrected chi connectivity index (χ2v) is 3.46. The number of nitrogens with two attached hydrogens (primary N) is 1. The SMILES string of the molecule is CSCC(=O)Nc1n[nH]c(C)c1N. The molecule has 0 fully saturated rings. The maximum absolute atomic E-state index is 11.1. The van der Waals surface area contributed by atoms with Crippen molar-refractivity contribution in [2.45, 2.75) is 6.92 Å². The van der Waals surface area contributed by atoms with Gasteiger partial charge in [-0.25, -0.2) is 0 Å². The minimum atomic E-state index is -0.0919. The van der Waals surface area contributed by atoms with E-state index in [-0.39, 0.29) is 5.91 Å². The maximum Gasteiger partial charge on any atom is 0.235 e. The molecule has 0 aliphatic heterocycles. The lowest BCUT2D eigenvalue weighted by molar-refractivity contribution is -0.113. The fraction of sp³-hybridized carbons (Fsp3) is 0.429. The highest BCUT2D eigenvalue weighted by atomic mass is 32.2. The molecule has 0 aromatic carbocycles. The van der Waals surface area contributed by atoms with Crippen LogP contribution in [0.5, 0.6) is 0 Å². The summed E-state index contributed by atoms with van der Waals surface area (Å²) in [4.78, 5) is 11.1. The Morgan fingerprint density at radius 1 is 1.77 bits per heavy atom. The number of aromatic amines is 1. The van der Waals surface area contributed by atoms with Gasteiger partial charge in [-0.15, -0.1) is 0 Å². The zero-order valence-electron chi connectivity index (χ0n) is 7.55. The molecule has 5 nitrogen and oxygen atoms in total. The Morgan fingerprint density at radius 2 is 2.46 bits per heavy atom. The summed E-state index contributed by atoms with van der Waals surface area (Å²) in [6, 6.07) is 0. The number of hydrogen-bond acceptors (Lipinski definition) is 4. The third-order valence-corrected chi connectivity index (χ3v) is 2.08. The van der Waals surface area contributed by atoms with Crippen LogP contribution in [0.25, 0.3) is 0 Å². The third-order valence-electron chi connectivity index (χ3n) is 1.53. The quantitative estimate of drug-likeness (QED) is 0.667. The van der Waals surface area contributed by atoms with Crippen molar-refractivity contribution in [2.24, 2.45) is 0 Å². The second kappa shape index (κ2) is 4.18. The van der Waals surface area contributed by atoms with E-state index in [1.165, 1.54) is 11.8 Å². The molecule has 1 rings (SSSR count). The van der Waals surface area contributed by atoms with Crippen LogP contribution in [-0.4, -0.2) is 28.1 Å². The van der Waals surface area contributed by atoms with Crippen LogP contribution in [0.2, 0.25) is 0 Å². The molecule has 0 saturated heterocycles. The number of rotatable bonds is 3. The Balaban J connectivity index is 2.64. The molecule has 0 saturated carbocycles.